The van der Waals surface area contributed by atoms with E-state index in [0.29, 0.717) is 23.2 Å². The molecule has 1 fully saturated rings. The number of carbonyl (C=O) groups is 1. The number of halogens is 1. The van der Waals surface area contributed by atoms with Gasteiger partial charge in [-0.1, -0.05) is 0 Å². The Hall–Kier alpha value is -1.27. The molecule has 5 nitrogen and oxygen atoms in total. The van der Waals surface area contributed by atoms with Crippen molar-refractivity contribution in [3.63, 3.8) is 0 Å². The third-order valence-corrected chi connectivity index (χ3v) is 4.79. The zero-order valence-electron chi connectivity index (χ0n) is 12.2. The highest BCUT2D eigenvalue weighted by Gasteiger charge is 2.41. The van der Waals surface area contributed by atoms with Crippen molar-refractivity contribution in [2.24, 2.45) is 0 Å². The molecule has 0 aliphatic carbocycles. The van der Waals surface area contributed by atoms with Crippen LogP contribution in [0.15, 0.2) is 16.6 Å². The van der Waals surface area contributed by atoms with E-state index in [1.165, 1.54) is 7.11 Å². The number of nitrogens with zero attached hydrogens (tertiary/aromatic N) is 1. The molecule has 2 N–H and O–H groups in total. The van der Waals surface area contributed by atoms with Gasteiger partial charge in [0.05, 0.1) is 11.6 Å². The maximum atomic E-state index is 11.6. The van der Waals surface area contributed by atoms with Gasteiger partial charge in [0.2, 0.25) is 0 Å². The maximum Gasteiger partial charge on any atom is 0.323 e. The zero-order valence-corrected chi connectivity index (χ0v) is 13.8. The average molecular weight is 358 g/mol. The Balaban J connectivity index is 2.28. The highest BCUT2D eigenvalue weighted by Crippen LogP contribution is 2.37. The predicted octanol–water partition coefficient (Wildman–Crippen LogP) is 2.99. The quantitative estimate of drug-likeness (QED) is 0.866. The van der Waals surface area contributed by atoms with Crippen molar-refractivity contribution in [1.29, 1.82) is 0 Å². The van der Waals surface area contributed by atoms with Gasteiger partial charge in [-0.25, -0.2) is 0 Å². The van der Waals surface area contributed by atoms with Gasteiger partial charge < -0.3 is 14.9 Å². The lowest BCUT2D eigenvalue weighted by Gasteiger charge is -2.41. The number of benzene rings is 1. The molecule has 21 heavy (non-hydrogen) atoms. The van der Waals surface area contributed by atoms with E-state index in [0.717, 1.165) is 24.9 Å². The average Bonchev–Trinajstić information content (AvgIpc) is 2.45. The number of likely N-dealkylation sites (tertiary alicyclic amines) is 1. The Kier molecular flexibility index (Phi) is 4.78. The van der Waals surface area contributed by atoms with Crippen LogP contribution in [0.25, 0.3) is 0 Å². The number of aromatic hydroxyl groups is 1. The molecule has 0 bridgehead atoms. The van der Waals surface area contributed by atoms with Crippen LogP contribution in [-0.2, 0) is 11.3 Å². The van der Waals surface area contributed by atoms with Gasteiger partial charge in [0.15, 0.2) is 11.5 Å². The zero-order chi connectivity index (χ0) is 15.6. The number of piperidine rings is 1. The monoisotopic (exact) mass is 357 g/mol. The Morgan fingerprint density at radius 2 is 2.19 bits per heavy atom. The smallest absolute Gasteiger partial charge is 0.323 e. The van der Waals surface area contributed by atoms with Crippen LogP contribution in [-0.4, -0.2) is 40.3 Å². The minimum absolute atomic E-state index is 0.0564. The van der Waals surface area contributed by atoms with Crippen molar-refractivity contribution < 1.29 is 19.7 Å². The number of methoxy groups -OCH3 is 1. The third-order valence-electron chi connectivity index (χ3n) is 4.18. The first-order chi connectivity index (χ1) is 9.88. The number of hydrogen-bond acceptors (Lipinski definition) is 4. The number of ether oxygens (including phenoxy) is 1. The molecule has 1 heterocycles. The van der Waals surface area contributed by atoms with Crippen LogP contribution in [0, 0.1) is 0 Å². The standard InChI is InChI=1S/C15H20BrNO4/c1-15(14(19)20)5-3-4-6-17(15)9-10-7-11(16)13(18)12(8-10)21-2/h7-8,18H,3-6,9H2,1-2H3,(H,19,20). The fourth-order valence-corrected chi connectivity index (χ4v) is 3.26. The van der Waals surface area contributed by atoms with Gasteiger partial charge in [-0.3, -0.25) is 9.69 Å². The van der Waals surface area contributed by atoms with E-state index < -0.39 is 11.5 Å². The SMILES string of the molecule is COc1cc(CN2CCCCC2(C)C(=O)O)cc(Br)c1O. The normalized spacial score (nSPS) is 23.0. The summed E-state index contributed by atoms with van der Waals surface area (Å²) in [7, 11) is 1.49. The first-order valence-corrected chi connectivity index (χ1v) is 7.71. The van der Waals surface area contributed by atoms with Gasteiger partial charge >= 0.3 is 5.97 Å². The molecule has 0 radical (unpaired) electrons. The molecule has 1 aromatic carbocycles. The van der Waals surface area contributed by atoms with Crippen LogP contribution in [0.3, 0.4) is 0 Å². The molecular weight excluding hydrogens is 338 g/mol. The summed E-state index contributed by atoms with van der Waals surface area (Å²) in [5.74, 6) is -0.346. The van der Waals surface area contributed by atoms with Crippen molar-refractivity contribution in [2.75, 3.05) is 13.7 Å². The van der Waals surface area contributed by atoms with E-state index in [1.807, 2.05) is 4.90 Å². The molecule has 0 aromatic heterocycles. The Morgan fingerprint density at radius 1 is 1.48 bits per heavy atom. The first-order valence-electron chi connectivity index (χ1n) is 6.92. The minimum atomic E-state index is -0.837. The van der Waals surface area contributed by atoms with Gasteiger partial charge in [-0.15, -0.1) is 0 Å². The summed E-state index contributed by atoms with van der Waals surface area (Å²) < 4.78 is 5.69. The van der Waals surface area contributed by atoms with Gasteiger partial charge in [0.25, 0.3) is 0 Å². The van der Waals surface area contributed by atoms with E-state index in [2.05, 4.69) is 15.9 Å². The van der Waals surface area contributed by atoms with Crippen LogP contribution >= 0.6 is 15.9 Å². The number of aliphatic carboxylic acids is 1. The summed E-state index contributed by atoms with van der Waals surface area (Å²) in [6.07, 6.45) is 2.58. The van der Waals surface area contributed by atoms with Crippen molar-refractivity contribution >= 4 is 21.9 Å². The van der Waals surface area contributed by atoms with Crippen molar-refractivity contribution in [3.8, 4) is 11.5 Å². The largest absolute Gasteiger partial charge is 0.503 e. The first kappa shape index (κ1) is 16.1. The Morgan fingerprint density at radius 3 is 2.81 bits per heavy atom. The second-order valence-electron chi connectivity index (χ2n) is 5.59. The number of carboxylic acids is 1. The number of hydrogen-bond donors (Lipinski definition) is 2. The lowest BCUT2D eigenvalue weighted by Crippen LogP contribution is -2.54. The summed E-state index contributed by atoms with van der Waals surface area (Å²) in [4.78, 5) is 13.6. The molecule has 6 heteroatoms. The number of carboxylic acid groups (broad SMARTS) is 1. The summed E-state index contributed by atoms with van der Waals surface area (Å²) in [6, 6.07) is 3.55. The van der Waals surface area contributed by atoms with Crippen LogP contribution in [0.4, 0.5) is 0 Å². The van der Waals surface area contributed by atoms with E-state index in [1.54, 1.807) is 19.1 Å². The number of rotatable bonds is 4. The molecule has 0 spiro atoms. The molecular formula is C15H20BrNO4. The van der Waals surface area contributed by atoms with Crippen LogP contribution in [0.1, 0.15) is 31.7 Å². The van der Waals surface area contributed by atoms with E-state index in [-0.39, 0.29) is 5.75 Å². The Bertz CT molecular complexity index is 549. The molecule has 1 saturated heterocycles. The second-order valence-corrected chi connectivity index (χ2v) is 6.44. The van der Waals surface area contributed by atoms with Crippen molar-refractivity contribution in [1.82, 2.24) is 4.90 Å². The van der Waals surface area contributed by atoms with Gasteiger partial charge in [-0.2, -0.15) is 0 Å². The fraction of sp³-hybridized carbons (Fsp3) is 0.533. The second kappa shape index (κ2) is 6.23. The molecule has 1 aliphatic rings. The van der Waals surface area contributed by atoms with E-state index in [9.17, 15) is 15.0 Å². The fourth-order valence-electron chi connectivity index (χ4n) is 2.77. The summed E-state index contributed by atoms with van der Waals surface area (Å²) in [6.45, 7) is 3.04. The topological polar surface area (TPSA) is 70.0 Å². The van der Waals surface area contributed by atoms with Crippen LogP contribution < -0.4 is 4.74 Å². The molecule has 2 rings (SSSR count). The third kappa shape index (κ3) is 3.16. The van der Waals surface area contributed by atoms with Crippen LogP contribution in [0.5, 0.6) is 11.5 Å². The van der Waals surface area contributed by atoms with Gasteiger partial charge in [0.1, 0.15) is 5.54 Å². The maximum absolute atomic E-state index is 11.6. The molecule has 1 unspecified atom stereocenters. The van der Waals surface area contributed by atoms with Gasteiger partial charge in [-0.05, 0) is 66.4 Å². The summed E-state index contributed by atoms with van der Waals surface area (Å²) in [5, 5.41) is 19.4. The number of phenolic OH excluding ortho intramolecular Hbond substituents is 1. The van der Waals surface area contributed by atoms with Crippen molar-refractivity contribution in [3.05, 3.63) is 22.2 Å². The lowest BCUT2D eigenvalue weighted by molar-refractivity contribution is -0.153. The van der Waals surface area contributed by atoms with E-state index in [4.69, 9.17) is 4.74 Å². The van der Waals surface area contributed by atoms with Crippen LogP contribution in [0.2, 0.25) is 0 Å². The molecule has 0 saturated carbocycles. The highest BCUT2D eigenvalue weighted by atomic mass is 79.9. The Labute approximate surface area is 132 Å². The summed E-state index contributed by atoms with van der Waals surface area (Å²) >= 11 is 3.30. The molecule has 1 aromatic rings. The number of phenols is 1. The molecule has 1 aliphatic heterocycles. The highest BCUT2D eigenvalue weighted by molar-refractivity contribution is 9.10. The summed E-state index contributed by atoms with van der Waals surface area (Å²) in [5.41, 5.74) is 0.0708. The molecule has 116 valence electrons. The van der Waals surface area contributed by atoms with Gasteiger partial charge in [0, 0.05) is 6.54 Å². The lowest BCUT2D eigenvalue weighted by atomic mass is 9.88. The predicted molar refractivity (Wildman–Crippen MR) is 82.7 cm³/mol. The van der Waals surface area contributed by atoms with E-state index >= 15 is 0 Å². The molecule has 0 amide bonds. The minimum Gasteiger partial charge on any atom is -0.503 e. The van der Waals surface area contributed by atoms with Crippen molar-refractivity contribution in [2.45, 2.75) is 38.3 Å². The molecule has 1 atom stereocenters.